The van der Waals surface area contributed by atoms with Crippen molar-refractivity contribution in [3.8, 4) is 0 Å². The van der Waals surface area contributed by atoms with Crippen molar-refractivity contribution >= 4 is 27.3 Å². The Bertz CT molecular complexity index is 806. The molecule has 2 rings (SSSR count). The second-order valence-corrected chi connectivity index (χ2v) is 8.19. The van der Waals surface area contributed by atoms with Crippen LogP contribution in [0.5, 0.6) is 0 Å². The number of rotatable bonds is 6. The Morgan fingerprint density at radius 1 is 1.08 bits per heavy atom. The van der Waals surface area contributed by atoms with E-state index in [1.54, 1.807) is 31.3 Å². The van der Waals surface area contributed by atoms with Gasteiger partial charge in [0.25, 0.3) is 0 Å². The minimum Gasteiger partial charge on any atom is -0.338 e. The molecule has 0 fully saturated rings. The van der Waals surface area contributed by atoms with Gasteiger partial charge in [-0.2, -0.15) is 0 Å². The van der Waals surface area contributed by atoms with E-state index in [-0.39, 0.29) is 11.8 Å². The van der Waals surface area contributed by atoms with E-state index in [1.165, 1.54) is 4.90 Å². The van der Waals surface area contributed by atoms with Crippen LogP contribution in [0.3, 0.4) is 0 Å². The van der Waals surface area contributed by atoms with Gasteiger partial charge >= 0.3 is 0 Å². The maximum Gasteiger partial charge on any atom is 0.238 e. The Labute approximate surface area is 148 Å². The smallest absolute Gasteiger partial charge is 0.238 e. The molecule has 0 N–H and O–H groups in total. The zero-order valence-corrected chi connectivity index (χ0v) is 15.2. The highest BCUT2D eigenvalue weighted by atomic mass is 35.5. The molecule has 0 aromatic heterocycles. The summed E-state index contributed by atoms with van der Waals surface area (Å²) in [6, 6.07) is 16.0. The first-order chi connectivity index (χ1) is 11.3. The molecule has 0 aliphatic rings. The molecular formula is C18H20ClNO3S. The molecular weight excluding hydrogens is 346 g/mol. The van der Waals surface area contributed by atoms with Crippen LogP contribution in [0.4, 0.5) is 0 Å². The molecule has 0 spiro atoms. The van der Waals surface area contributed by atoms with Crippen LogP contribution in [0.2, 0.25) is 5.02 Å². The Morgan fingerprint density at radius 2 is 1.67 bits per heavy atom. The van der Waals surface area contributed by atoms with Crippen LogP contribution in [-0.4, -0.2) is 32.0 Å². The zero-order valence-electron chi connectivity index (χ0n) is 13.6. The lowest BCUT2D eigenvalue weighted by Crippen LogP contribution is -2.34. The number of halogens is 1. The van der Waals surface area contributed by atoms with Gasteiger partial charge in [-0.25, -0.2) is 8.42 Å². The molecule has 4 nitrogen and oxygen atoms in total. The molecule has 2 aromatic rings. The number of benzene rings is 2. The van der Waals surface area contributed by atoms with E-state index < -0.39 is 21.5 Å². The molecule has 0 heterocycles. The Kier molecular flexibility index (Phi) is 6.02. The van der Waals surface area contributed by atoms with Crippen LogP contribution in [-0.2, 0) is 20.4 Å². The normalized spacial score (nSPS) is 12.6. The maximum absolute atomic E-state index is 12.4. The third kappa shape index (κ3) is 4.82. The van der Waals surface area contributed by atoms with Gasteiger partial charge in [-0.3, -0.25) is 4.79 Å². The quantitative estimate of drug-likeness (QED) is 0.787. The average molecular weight is 366 g/mol. The van der Waals surface area contributed by atoms with Crippen molar-refractivity contribution in [1.82, 2.24) is 4.90 Å². The van der Waals surface area contributed by atoms with E-state index in [0.717, 1.165) is 5.56 Å². The lowest BCUT2D eigenvalue weighted by Gasteiger charge is -2.25. The summed E-state index contributed by atoms with van der Waals surface area (Å²) >= 11 is 6.00. The monoisotopic (exact) mass is 365 g/mol. The molecule has 0 saturated carbocycles. The van der Waals surface area contributed by atoms with Gasteiger partial charge in [0.1, 0.15) is 5.75 Å². The highest BCUT2D eigenvalue weighted by molar-refractivity contribution is 7.91. The van der Waals surface area contributed by atoms with Crippen LogP contribution < -0.4 is 0 Å². The summed E-state index contributed by atoms with van der Waals surface area (Å²) in [5.41, 5.74) is 1.46. The van der Waals surface area contributed by atoms with Crippen molar-refractivity contribution in [3.05, 3.63) is 70.7 Å². The van der Waals surface area contributed by atoms with Gasteiger partial charge in [-0.15, -0.1) is 0 Å². The molecule has 0 saturated heterocycles. The summed E-state index contributed by atoms with van der Waals surface area (Å²) < 4.78 is 24.6. The standard InChI is InChI=1S/C18H20ClNO3S/c1-14(15-8-4-3-5-9-15)20(2)18(21)13-24(22,23)12-16-10-6-7-11-17(16)19/h3-11,14H,12-13H2,1-2H3/t14-/m1/s1. The summed E-state index contributed by atoms with van der Waals surface area (Å²) in [5.74, 6) is -1.21. The molecule has 24 heavy (non-hydrogen) atoms. The van der Waals surface area contributed by atoms with E-state index in [9.17, 15) is 13.2 Å². The van der Waals surface area contributed by atoms with E-state index in [4.69, 9.17) is 11.6 Å². The van der Waals surface area contributed by atoms with Gasteiger partial charge in [0.05, 0.1) is 11.8 Å². The minimum absolute atomic E-state index is 0.200. The number of amides is 1. The molecule has 0 aliphatic heterocycles. The van der Waals surface area contributed by atoms with E-state index in [2.05, 4.69) is 0 Å². The van der Waals surface area contributed by atoms with Crippen molar-refractivity contribution in [3.63, 3.8) is 0 Å². The molecule has 1 amide bonds. The van der Waals surface area contributed by atoms with Gasteiger partial charge in [-0.05, 0) is 24.1 Å². The maximum atomic E-state index is 12.4. The highest BCUT2D eigenvalue weighted by Crippen LogP contribution is 2.21. The van der Waals surface area contributed by atoms with Crippen LogP contribution >= 0.6 is 11.6 Å². The first-order valence-corrected chi connectivity index (χ1v) is 9.74. The number of carbonyl (C=O) groups is 1. The molecule has 0 radical (unpaired) electrons. The largest absolute Gasteiger partial charge is 0.338 e. The lowest BCUT2D eigenvalue weighted by atomic mass is 10.1. The lowest BCUT2D eigenvalue weighted by molar-refractivity contribution is -0.129. The predicted octanol–water partition coefficient (Wildman–Crippen LogP) is 3.47. The van der Waals surface area contributed by atoms with Crippen LogP contribution in [0, 0.1) is 0 Å². The van der Waals surface area contributed by atoms with Gasteiger partial charge < -0.3 is 4.90 Å². The summed E-state index contributed by atoms with van der Waals surface area (Å²) in [6.07, 6.45) is 0. The number of sulfone groups is 1. The number of hydrogen-bond acceptors (Lipinski definition) is 3. The van der Waals surface area contributed by atoms with Crippen LogP contribution in [0.25, 0.3) is 0 Å². The van der Waals surface area contributed by atoms with Crippen molar-refractivity contribution < 1.29 is 13.2 Å². The summed E-state index contributed by atoms with van der Waals surface area (Å²) in [4.78, 5) is 13.8. The SMILES string of the molecule is C[C@H](c1ccccc1)N(C)C(=O)CS(=O)(=O)Cc1ccccc1Cl. The first kappa shape index (κ1) is 18.5. The zero-order chi connectivity index (χ0) is 17.7. The Hall–Kier alpha value is -1.85. The number of nitrogens with zero attached hydrogens (tertiary/aromatic N) is 1. The van der Waals surface area contributed by atoms with Gasteiger partial charge in [0, 0.05) is 12.1 Å². The van der Waals surface area contributed by atoms with E-state index in [1.807, 2.05) is 37.3 Å². The van der Waals surface area contributed by atoms with Crippen molar-refractivity contribution in [1.29, 1.82) is 0 Å². The number of carbonyl (C=O) groups excluding carboxylic acids is 1. The predicted molar refractivity (Wildman–Crippen MR) is 96.6 cm³/mol. The summed E-state index contributed by atoms with van der Waals surface area (Å²) in [6.45, 7) is 1.87. The van der Waals surface area contributed by atoms with Crippen molar-refractivity contribution in [2.45, 2.75) is 18.7 Å². The average Bonchev–Trinajstić information content (AvgIpc) is 2.55. The highest BCUT2D eigenvalue weighted by Gasteiger charge is 2.24. The molecule has 128 valence electrons. The molecule has 0 bridgehead atoms. The van der Waals surface area contributed by atoms with Crippen molar-refractivity contribution in [2.24, 2.45) is 0 Å². The van der Waals surface area contributed by atoms with E-state index in [0.29, 0.717) is 10.6 Å². The van der Waals surface area contributed by atoms with Crippen LogP contribution in [0.1, 0.15) is 24.1 Å². The van der Waals surface area contributed by atoms with Gasteiger partial charge in [-0.1, -0.05) is 60.1 Å². The fourth-order valence-corrected chi connectivity index (χ4v) is 4.05. The fraction of sp³-hybridized carbons (Fsp3) is 0.278. The topological polar surface area (TPSA) is 54.5 Å². The third-order valence-corrected chi connectivity index (χ3v) is 5.74. The number of hydrogen-bond donors (Lipinski definition) is 0. The Balaban J connectivity index is 2.06. The molecule has 0 unspecified atom stereocenters. The molecule has 6 heteroatoms. The second-order valence-electron chi connectivity index (χ2n) is 5.71. The Morgan fingerprint density at radius 3 is 2.29 bits per heavy atom. The molecule has 1 atom stereocenters. The van der Waals surface area contributed by atoms with E-state index >= 15 is 0 Å². The fourth-order valence-electron chi connectivity index (χ4n) is 2.36. The summed E-state index contributed by atoms with van der Waals surface area (Å²) in [5, 5.41) is 0.388. The second kappa shape index (κ2) is 7.81. The van der Waals surface area contributed by atoms with Gasteiger partial charge in [0.2, 0.25) is 5.91 Å². The van der Waals surface area contributed by atoms with Crippen LogP contribution in [0.15, 0.2) is 54.6 Å². The molecule has 0 aliphatic carbocycles. The first-order valence-electron chi connectivity index (χ1n) is 7.54. The van der Waals surface area contributed by atoms with Crippen molar-refractivity contribution in [2.75, 3.05) is 12.8 Å². The molecule has 2 aromatic carbocycles. The van der Waals surface area contributed by atoms with Gasteiger partial charge in [0.15, 0.2) is 9.84 Å². The minimum atomic E-state index is -3.59. The third-order valence-electron chi connectivity index (χ3n) is 3.93. The summed E-state index contributed by atoms with van der Waals surface area (Å²) in [7, 11) is -1.98.